The van der Waals surface area contributed by atoms with Crippen LogP contribution in [0.5, 0.6) is 0 Å². The van der Waals surface area contributed by atoms with Crippen molar-refractivity contribution < 1.29 is 9.59 Å². The van der Waals surface area contributed by atoms with Gasteiger partial charge in [0, 0.05) is 11.3 Å². The maximum atomic E-state index is 12.7. The third-order valence-corrected chi connectivity index (χ3v) is 5.48. The second-order valence-electron chi connectivity index (χ2n) is 6.32. The van der Waals surface area contributed by atoms with Gasteiger partial charge in [-0.05, 0) is 32.9 Å². The highest BCUT2D eigenvalue weighted by Crippen LogP contribution is 2.33. The van der Waals surface area contributed by atoms with Gasteiger partial charge in [0.25, 0.3) is 0 Å². The first-order chi connectivity index (χ1) is 8.88. The van der Waals surface area contributed by atoms with E-state index in [2.05, 4.69) is 19.2 Å². The Morgan fingerprint density at radius 3 is 2.47 bits per heavy atom. The highest BCUT2D eigenvalue weighted by molar-refractivity contribution is 7.99. The molecule has 1 saturated heterocycles. The normalized spacial score (nSPS) is 23.6. The second kappa shape index (κ2) is 5.35. The fourth-order valence-electron chi connectivity index (χ4n) is 3.05. The minimum absolute atomic E-state index is 0.00148. The van der Waals surface area contributed by atoms with Gasteiger partial charge in [-0.25, -0.2) is 0 Å². The van der Waals surface area contributed by atoms with Crippen molar-refractivity contribution in [3.63, 3.8) is 0 Å². The van der Waals surface area contributed by atoms with E-state index in [0.29, 0.717) is 6.54 Å². The van der Waals surface area contributed by atoms with Crippen molar-refractivity contribution in [2.24, 2.45) is 0 Å². The molecule has 108 valence electrons. The molecule has 0 aromatic carbocycles. The Morgan fingerprint density at radius 1 is 1.26 bits per heavy atom. The van der Waals surface area contributed by atoms with Crippen molar-refractivity contribution in [2.75, 3.05) is 19.3 Å². The first kappa shape index (κ1) is 14.7. The molecule has 1 saturated carbocycles. The molecule has 2 aliphatic rings. The van der Waals surface area contributed by atoms with E-state index in [0.717, 1.165) is 25.7 Å². The maximum Gasteiger partial charge on any atom is 0.248 e. The van der Waals surface area contributed by atoms with Crippen LogP contribution in [0.2, 0.25) is 0 Å². The number of nitrogens with zero attached hydrogens (tertiary/aromatic N) is 1. The van der Waals surface area contributed by atoms with Crippen molar-refractivity contribution in [2.45, 2.75) is 56.2 Å². The van der Waals surface area contributed by atoms with Crippen LogP contribution in [-0.4, -0.2) is 46.3 Å². The summed E-state index contributed by atoms with van der Waals surface area (Å²) >= 11 is 1.73. The van der Waals surface area contributed by atoms with Crippen molar-refractivity contribution in [1.82, 2.24) is 10.2 Å². The number of hydrogen-bond acceptors (Lipinski definition) is 3. The minimum atomic E-state index is -0.595. The second-order valence-corrected chi connectivity index (χ2v) is 7.83. The molecule has 0 atom stereocenters. The largest absolute Gasteiger partial charge is 0.340 e. The smallest absolute Gasteiger partial charge is 0.248 e. The molecule has 0 unspecified atom stereocenters. The standard InChI is InChI=1S/C14H24N2O2S/c1-13(2,19-3)10-16-9-11(17)15-14(12(16)18)7-5-4-6-8-14/h4-10H2,1-3H3,(H,15,17). The molecule has 1 aliphatic heterocycles. The van der Waals surface area contributed by atoms with Gasteiger partial charge in [-0.2, -0.15) is 11.8 Å². The van der Waals surface area contributed by atoms with Crippen molar-refractivity contribution in [3.05, 3.63) is 0 Å². The van der Waals surface area contributed by atoms with Gasteiger partial charge in [-0.15, -0.1) is 0 Å². The molecule has 4 nitrogen and oxygen atoms in total. The van der Waals surface area contributed by atoms with Crippen LogP contribution in [0.4, 0.5) is 0 Å². The van der Waals surface area contributed by atoms with Gasteiger partial charge in [0.1, 0.15) is 5.54 Å². The van der Waals surface area contributed by atoms with Crippen LogP contribution in [0.1, 0.15) is 46.0 Å². The summed E-state index contributed by atoms with van der Waals surface area (Å²) in [4.78, 5) is 26.5. The van der Waals surface area contributed by atoms with Crippen LogP contribution in [-0.2, 0) is 9.59 Å². The molecule has 1 spiro atoms. The van der Waals surface area contributed by atoms with E-state index in [1.54, 1.807) is 16.7 Å². The number of piperazine rings is 1. The van der Waals surface area contributed by atoms with Crippen molar-refractivity contribution >= 4 is 23.6 Å². The zero-order chi connectivity index (χ0) is 14.1. The molecule has 2 amide bonds. The maximum absolute atomic E-state index is 12.7. The van der Waals surface area contributed by atoms with Crippen LogP contribution in [0, 0.1) is 0 Å². The molecule has 5 heteroatoms. The molecule has 0 radical (unpaired) electrons. The summed E-state index contributed by atoms with van der Waals surface area (Å²) in [5, 5.41) is 2.98. The van der Waals surface area contributed by atoms with Gasteiger partial charge < -0.3 is 10.2 Å². The van der Waals surface area contributed by atoms with Crippen LogP contribution in [0.3, 0.4) is 0 Å². The zero-order valence-corrected chi connectivity index (χ0v) is 12.9. The number of nitrogens with one attached hydrogen (secondary N) is 1. The molecule has 1 aliphatic carbocycles. The molecular formula is C14H24N2O2S. The third-order valence-electron chi connectivity index (χ3n) is 4.24. The van der Waals surface area contributed by atoms with Gasteiger partial charge in [0.05, 0.1) is 6.54 Å². The van der Waals surface area contributed by atoms with E-state index >= 15 is 0 Å². The van der Waals surface area contributed by atoms with Gasteiger partial charge in [0.15, 0.2) is 0 Å². The van der Waals surface area contributed by atoms with Gasteiger partial charge in [-0.3, -0.25) is 9.59 Å². The van der Waals surface area contributed by atoms with Crippen molar-refractivity contribution in [3.8, 4) is 0 Å². The number of carbonyl (C=O) groups excluding carboxylic acids is 2. The molecule has 0 bridgehead atoms. The molecule has 1 heterocycles. The van der Waals surface area contributed by atoms with Gasteiger partial charge in [0.2, 0.25) is 11.8 Å². The van der Waals surface area contributed by atoms with Crippen LogP contribution >= 0.6 is 11.8 Å². The number of rotatable bonds is 3. The lowest BCUT2D eigenvalue weighted by Gasteiger charge is -2.45. The van der Waals surface area contributed by atoms with Crippen LogP contribution < -0.4 is 5.32 Å². The first-order valence-electron chi connectivity index (χ1n) is 7.04. The zero-order valence-electron chi connectivity index (χ0n) is 12.1. The molecule has 2 fully saturated rings. The number of amides is 2. The van der Waals surface area contributed by atoms with E-state index in [4.69, 9.17) is 0 Å². The summed E-state index contributed by atoms with van der Waals surface area (Å²) in [6.45, 7) is 5.09. The number of hydrogen-bond donors (Lipinski definition) is 1. The Bertz CT molecular complexity index is 376. The molecule has 19 heavy (non-hydrogen) atoms. The molecule has 0 aromatic heterocycles. The average Bonchev–Trinajstić information content (AvgIpc) is 2.36. The molecular weight excluding hydrogens is 260 g/mol. The van der Waals surface area contributed by atoms with E-state index in [-0.39, 0.29) is 23.1 Å². The Hall–Kier alpha value is -0.710. The summed E-state index contributed by atoms with van der Waals surface area (Å²) in [5.74, 6) is 0.132. The topological polar surface area (TPSA) is 49.4 Å². The Morgan fingerprint density at radius 2 is 1.89 bits per heavy atom. The SMILES string of the molecule is CSC(C)(C)CN1CC(=O)NC2(CCCCC2)C1=O. The van der Waals surface area contributed by atoms with E-state index in [9.17, 15) is 9.59 Å². The lowest BCUT2D eigenvalue weighted by Crippen LogP contribution is -2.68. The molecule has 1 N–H and O–H groups in total. The summed E-state index contributed by atoms with van der Waals surface area (Å²) in [6, 6.07) is 0. The van der Waals surface area contributed by atoms with Gasteiger partial charge >= 0.3 is 0 Å². The Labute approximate surface area is 119 Å². The summed E-state index contributed by atoms with van der Waals surface area (Å²) in [6.07, 6.45) is 6.88. The van der Waals surface area contributed by atoms with Gasteiger partial charge in [-0.1, -0.05) is 19.3 Å². The predicted octanol–water partition coefficient (Wildman–Crippen LogP) is 1.79. The van der Waals surface area contributed by atoms with Crippen LogP contribution in [0.25, 0.3) is 0 Å². The summed E-state index contributed by atoms with van der Waals surface area (Å²) in [5.41, 5.74) is -0.595. The first-order valence-corrected chi connectivity index (χ1v) is 8.27. The highest BCUT2D eigenvalue weighted by atomic mass is 32.2. The monoisotopic (exact) mass is 284 g/mol. The Kier molecular flexibility index (Phi) is 4.14. The lowest BCUT2D eigenvalue weighted by atomic mass is 9.79. The molecule has 2 rings (SSSR count). The third kappa shape index (κ3) is 3.07. The van der Waals surface area contributed by atoms with Crippen LogP contribution in [0.15, 0.2) is 0 Å². The quantitative estimate of drug-likeness (QED) is 0.859. The summed E-state index contributed by atoms with van der Waals surface area (Å²) < 4.78 is -0.0108. The number of carbonyl (C=O) groups is 2. The van der Waals surface area contributed by atoms with E-state index in [1.807, 2.05) is 6.26 Å². The summed E-state index contributed by atoms with van der Waals surface area (Å²) in [7, 11) is 0. The Balaban J connectivity index is 2.16. The van der Waals surface area contributed by atoms with E-state index in [1.165, 1.54) is 6.42 Å². The lowest BCUT2D eigenvalue weighted by molar-refractivity contribution is -0.151. The van der Waals surface area contributed by atoms with Crippen molar-refractivity contribution in [1.29, 1.82) is 0 Å². The minimum Gasteiger partial charge on any atom is -0.340 e. The average molecular weight is 284 g/mol. The fourth-order valence-corrected chi connectivity index (χ4v) is 3.34. The fraction of sp³-hybridized carbons (Fsp3) is 0.857. The van der Waals surface area contributed by atoms with E-state index < -0.39 is 5.54 Å². The molecule has 0 aromatic rings. The number of thioether (sulfide) groups is 1. The predicted molar refractivity (Wildman–Crippen MR) is 78.1 cm³/mol. The highest BCUT2D eigenvalue weighted by Gasteiger charge is 2.47.